The fourth-order valence-corrected chi connectivity index (χ4v) is 2.32. The van der Waals surface area contributed by atoms with Crippen LogP contribution in [0.15, 0.2) is 0 Å². The van der Waals surface area contributed by atoms with Gasteiger partial charge in [-0.2, -0.15) is 0 Å². The number of hydrogen-bond donors (Lipinski definition) is 0. The van der Waals surface area contributed by atoms with Gasteiger partial charge in [0.1, 0.15) is 6.29 Å². The van der Waals surface area contributed by atoms with Crippen molar-refractivity contribution < 1.29 is 4.79 Å². The highest BCUT2D eigenvalue weighted by Gasteiger charge is 2.19. The molecule has 0 spiro atoms. The van der Waals surface area contributed by atoms with Gasteiger partial charge >= 0.3 is 0 Å². The van der Waals surface area contributed by atoms with Crippen LogP contribution < -0.4 is 0 Å². The van der Waals surface area contributed by atoms with Crippen molar-refractivity contribution in [2.24, 2.45) is 11.3 Å². The van der Waals surface area contributed by atoms with Crippen LogP contribution in [0.4, 0.5) is 0 Å². The van der Waals surface area contributed by atoms with E-state index in [1.165, 1.54) is 6.42 Å². The summed E-state index contributed by atoms with van der Waals surface area (Å²) in [7, 11) is 0. The molecule has 0 fully saturated rings. The number of alkyl halides is 1. The van der Waals surface area contributed by atoms with E-state index < -0.39 is 0 Å². The molecular weight excluding hydrogens is 216 g/mol. The highest BCUT2D eigenvalue weighted by atomic mass is 79.9. The average molecular weight is 235 g/mol. The van der Waals surface area contributed by atoms with Gasteiger partial charge in [-0.25, -0.2) is 0 Å². The van der Waals surface area contributed by atoms with E-state index in [1.54, 1.807) is 0 Å². The van der Waals surface area contributed by atoms with E-state index in [1.807, 2.05) is 0 Å². The van der Waals surface area contributed by atoms with Crippen LogP contribution in [0.2, 0.25) is 0 Å². The molecule has 1 unspecified atom stereocenters. The molecule has 0 radical (unpaired) electrons. The first-order valence-electron chi connectivity index (χ1n) is 4.51. The van der Waals surface area contributed by atoms with E-state index in [0.717, 1.165) is 18.0 Å². The molecule has 0 heterocycles. The third-order valence-electron chi connectivity index (χ3n) is 2.14. The summed E-state index contributed by atoms with van der Waals surface area (Å²) in [5.74, 6) is 0.708. The van der Waals surface area contributed by atoms with Crippen molar-refractivity contribution >= 4 is 22.2 Å². The quantitative estimate of drug-likeness (QED) is 0.509. The van der Waals surface area contributed by atoms with Crippen LogP contribution in [0, 0.1) is 11.3 Å². The zero-order valence-corrected chi connectivity index (χ0v) is 9.86. The number of halogens is 1. The molecule has 12 heavy (non-hydrogen) atoms. The van der Waals surface area contributed by atoms with Gasteiger partial charge < -0.3 is 4.79 Å². The Balaban J connectivity index is 3.78. The van der Waals surface area contributed by atoms with E-state index in [0.29, 0.717) is 12.3 Å². The molecule has 0 amide bonds. The van der Waals surface area contributed by atoms with Crippen LogP contribution >= 0.6 is 15.9 Å². The Labute approximate surface area is 84.1 Å². The summed E-state index contributed by atoms with van der Waals surface area (Å²) in [5.41, 5.74) is 0.184. The molecule has 0 aromatic rings. The van der Waals surface area contributed by atoms with Crippen molar-refractivity contribution in [3.63, 3.8) is 0 Å². The van der Waals surface area contributed by atoms with E-state index in [2.05, 4.69) is 36.7 Å². The second-order valence-corrected chi connectivity index (χ2v) is 5.11. The van der Waals surface area contributed by atoms with E-state index in [9.17, 15) is 4.79 Å². The van der Waals surface area contributed by atoms with Crippen LogP contribution in [0.25, 0.3) is 0 Å². The van der Waals surface area contributed by atoms with Gasteiger partial charge in [-0.05, 0) is 24.2 Å². The second kappa shape index (κ2) is 5.74. The molecule has 0 aliphatic heterocycles. The molecule has 0 aromatic heterocycles. The third kappa shape index (κ3) is 5.76. The Morgan fingerprint density at radius 3 is 2.50 bits per heavy atom. The number of rotatable bonds is 6. The van der Waals surface area contributed by atoms with Gasteiger partial charge in [0.25, 0.3) is 0 Å². The Morgan fingerprint density at radius 2 is 2.08 bits per heavy atom. The Kier molecular flexibility index (Phi) is 5.81. The maximum atomic E-state index is 10.4. The fourth-order valence-electron chi connectivity index (χ4n) is 1.54. The molecular formula is C10H19BrO. The summed E-state index contributed by atoms with van der Waals surface area (Å²) in [6.07, 6.45) is 4.04. The van der Waals surface area contributed by atoms with Crippen LogP contribution in [0.3, 0.4) is 0 Å². The third-order valence-corrected chi connectivity index (χ3v) is 2.60. The molecule has 72 valence electrons. The van der Waals surface area contributed by atoms with Gasteiger partial charge in [-0.1, -0.05) is 36.7 Å². The van der Waals surface area contributed by atoms with E-state index in [4.69, 9.17) is 0 Å². The van der Waals surface area contributed by atoms with E-state index >= 15 is 0 Å². The number of hydrogen-bond acceptors (Lipinski definition) is 1. The summed E-state index contributed by atoms with van der Waals surface area (Å²) in [6, 6.07) is 0. The van der Waals surface area contributed by atoms with Crippen molar-refractivity contribution in [3.8, 4) is 0 Å². The minimum absolute atomic E-state index is 0.184. The van der Waals surface area contributed by atoms with Gasteiger partial charge in [0.05, 0.1) is 0 Å². The minimum Gasteiger partial charge on any atom is -0.303 e. The summed E-state index contributed by atoms with van der Waals surface area (Å²) in [4.78, 5) is 10.4. The Hall–Kier alpha value is 0.150. The van der Waals surface area contributed by atoms with Gasteiger partial charge in [0.15, 0.2) is 0 Å². The van der Waals surface area contributed by atoms with Crippen molar-refractivity contribution in [1.29, 1.82) is 0 Å². The lowest BCUT2D eigenvalue weighted by Crippen LogP contribution is -2.16. The lowest BCUT2D eigenvalue weighted by Gasteiger charge is -2.25. The standard InChI is InChI=1S/C10H19BrO/c1-9(4-6-11)8-10(2,3)5-7-12/h7,9H,4-6,8H2,1-3H3. The van der Waals surface area contributed by atoms with Crippen molar-refractivity contribution in [2.75, 3.05) is 5.33 Å². The SMILES string of the molecule is CC(CCBr)CC(C)(C)CC=O. The molecule has 1 nitrogen and oxygen atoms in total. The summed E-state index contributed by atoms with van der Waals surface area (Å²) in [6.45, 7) is 6.56. The maximum Gasteiger partial charge on any atom is 0.120 e. The first-order valence-corrected chi connectivity index (χ1v) is 5.63. The molecule has 0 bridgehead atoms. The molecule has 0 rings (SSSR count). The fraction of sp³-hybridized carbons (Fsp3) is 0.900. The van der Waals surface area contributed by atoms with Gasteiger partial charge in [0.2, 0.25) is 0 Å². The zero-order chi connectivity index (χ0) is 9.61. The number of aldehydes is 1. The molecule has 0 saturated carbocycles. The highest BCUT2D eigenvalue weighted by Crippen LogP contribution is 2.29. The average Bonchev–Trinajstić information content (AvgIpc) is 1.85. The predicted octanol–water partition coefficient (Wildman–Crippen LogP) is 3.41. The van der Waals surface area contributed by atoms with Crippen molar-refractivity contribution in [3.05, 3.63) is 0 Å². The molecule has 0 saturated heterocycles. The molecule has 1 atom stereocenters. The van der Waals surface area contributed by atoms with Gasteiger partial charge in [-0.15, -0.1) is 0 Å². The first-order chi connectivity index (χ1) is 5.52. The largest absolute Gasteiger partial charge is 0.303 e. The smallest absolute Gasteiger partial charge is 0.120 e. The minimum atomic E-state index is 0.184. The molecule has 0 N–H and O–H groups in total. The summed E-state index contributed by atoms with van der Waals surface area (Å²) in [5, 5.41) is 1.06. The lowest BCUT2D eigenvalue weighted by atomic mass is 9.80. The van der Waals surface area contributed by atoms with Gasteiger partial charge in [0, 0.05) is 11.8 Å². The predicted molar refractivity (Wildman–Crippen MR) is 56.7 cm³/mol. The number of carbonyl (C=O) groups is 1. The summed E-state index contributed by atoms with van der Waals surface area (Å²) < 4.78 is 0. The molecule has 0 aliphatic rings. The number of carbonyl (C=O) groups excluding carboxylic acids is 1. The Morgan fingerprint density at radius 1 is 1.50 bits per heavy atom. The van der Waals surface area contributed by atoms with E-state index in [-0.39, 0.29) is 5.41 Å². The maximum absolute atomic E-state index is 10.4. The van der Waals surface area contributed by atoms with Crippen molar-refractivity contribution in [1.82, 2.24) is 0 Å². The van der Waals surface area contributed by atoms with Crippen LogP contribution in [0.5, 0.6) is 0 Å². The molecule has 2 heteroatoms. The summed E-state index contributed by atoms with van der Waals surface area (Å²) >= 11 is 3.43. The molecule has 0 aromatic carbocycles. The second-order valence-electron chi connectivity index (χ2n) is 4.32. The van der Waals surface area contributed by atoms with Crippen molar-refractivity contribution in [2.45, 2.75) is 40.0 Å². The first kappa shape index (κ1) is 12.2. The monoisotopic (exact) mass is 234 g/mol. The normalized spacial score (nSPS) is 14.3. The topological polar surface area (TPSA) is 17.1 Å². The lowest BCUT2D eigenvalue weighted by molar-refractivity contribution is -0.109. The molecule has 0 aliphatic carbocycles. The van der Waals surface area contributed by atoms with Gasteiger partial charge in [-0.3, -0.25) is 0 Å². The van der Waals surface area contributed by atoms with Crippen LogP contribution in [0.1, 0.15) is 40.0 Å². The van der Waals surface area contributed by atoms with Crippen LogP contribution in [-0.2, 0) is 4.79 Å². The highest BCUT2D eigenvalue weighted by molar-refractivity contribution is 9.09. The zero-order valence-electron chi connectivity index (χ0n) is 8.27. The Bertz CT molecular complexity index is 132. The van der Waals surface area contributed by atoms with Crippen LogP contribution in [-0.4, -0.2) is 11.6 Å².